The summed E-state index contributed by atoms with van der Waals surface area (Å²) in [5.41, 5.74) is 6.09. The Morgan fingerprint density at radius 2 is 1.55 bits per heavy atom. The van der Waals surface area contributed by atoms with Crippen LogP contribution in [0.1, 0.15) is 5.69 Å². The van der Waals surface area contributed by atoms with Gasteiger partial charge in [-0.05, 0) is 23.8 Å². The van der Waals surface area contributed by atoms with Crippen LogP contribution < -0.4 is 10.5 Å². The first kappa shape index (κ1) is 20.3. The molecule has 5 nitrogen and oxygen atoms in total. The van der Waals surface area contributed by atoms with Crippen LogP contribution in [-0.2, 0) is 6.18 Å². The lowest BCUT2D eigenvalue weighted by Crippen LogP contribution is -2.08. The average molecular weight is 426 g/mol. The van der Waals surface area contributed by atoms with E-state index in [1.54, 1.807) is 36.4 Å². The van der Waals surface area contributed by atoms with E-state index in [1.807, 2.05) is 0 Å². The molecule has 4 rings (SSSR count). The molecule has 2 heterocycles. The maximum Gasteiger partial charge on any atom is 0.433 e. The van der Waals surface area contributed by atoms with Gasteiger partial charge in [-0.2, -0.15) is 13.2 Å². The third-order valence-electron chi connectivity index (χ3n) is 4.38. The molecule has 0 bridgehead atoms. The summed E-state index contributed by atoms with van der Waals surface area (Å²) >= 11 is 0. The Hall–Kier alpha value is -4.01. The first-order chi connectivity index (χ1) is 14.8. The second kappa shape index (κ2) is 8.02. The van der Waals surface area contributed by atoms with Crippen molar-refractivity contribution in [2.75, 3.05) is 5.73 Å². The summed E-state index contributed by atoms with van der Waals surface area (Å²) in [6, 6.07) is 14.5. The number of halogens is 4. The van der Waals surface area contributed by atoms with E-state index in [4.69, 9.17) is 10.5 Å². The predicted molar refractivity (Wildman–Crippen MR) is 107 cm³/mol. The Balaban J connectivity index is 1.68. The molecule has 0 atom stereocenters. The van der Waals surface area contributed by atoms with E-state index in [0.29, 0.717) is 16.7 Å². The summed E-state index contributed by atoms with van der Waals surface area (Å²) in [4.78, 5) is 11.2. The molecule has 0 aliphatic rings. The normalized spacial score (nSPS) is 11.4. The topological polar surface area (TPSA) is 73.9 Å². The fraction of sp³-hybridized carbons (Fsp3) is 0.0455. The van der Waals surface area contributed by atoms with Gasteiger partial charge in [0.05, 0.1) is 0 Å². The maximum atomic E-state index is 14.8. The molecular formula is C22H14F4N4O. The van der Waals surface area contributed by atoms with Crippen molar-refractivity contribution < 1.29 is 22.3 Å². The Labute approximate surface area is 174 Å². The van der Waals surface area contributed by atoms with Gasteiger partial charge in [-0.25, -0.2) is 19.3 Å². The lowest BCUT2D eigenvalue weighted by Gasteiger charge is -2.13. The molecule has 0 saturated heterocycles. The number of anilines is 1. The molecule has 0 unspecified atom stereocenters. The highest BCUT2D eigenvalue weighted by molar-refractivity contribution is 5.74. The standard InChI is InChI=1S/C22H14F4N4O/c23-17-10-13(8-9-15(17)14-11-28-21(27)29-12-14)16-4-1-2-5-18(16)31-20-7-3-6-19(30-20)22(24,25)26/h1-12H,(H2,27,28,29). The van der Waals surface area contributed by atoms with Gasteiger partial charge in [-0.1, -0.05) is 36.4 Å². The van der Waals surface area contributed by atoms with Crippen molar-refractivity contribution in [2.24, 2.45) is 0 Å². The fourth-order valence-electron chi connectivity index (χ4n) is 2.93. The van der Waals surface area contributed by atoms with E-state index < -0.39 is 17.7 Å². The van der Waals surface area contributed by atoms with Gasteiger partial charge in [-0.15, -0.1) is 0 Å². The highest BCUT2D eigenvalue weighted by Crippen LogP contribution is 2.36. The highest BCUT2D eigenvalue weighted by Gasteiger charge is 2.32. The van der Waals surface area contributed by atoms with Crippen LogP contribution in [0.4, 0.5) is 23.5 Å². The van der Waals surface area contributed by atoms with Gasteiger partial charge in [0.15, 0.2) is 0 Å². The van der Waals surface area contributed by atoms with E-state index in [0.717, 1.165) is 6.07 Å². The summed E-state index contributed by atoms with van der Waals surface area (Å²) in [6.45, 7) is 0. The molecule has 156 valence electrons. The van der Waals surface area contributed by atoms with Crippen LogP contribution in [0, 0.1) is 5.82 Å². The molecule has 0 aliphatic carbocycles. The number of pyridine rings is 1. The first-order valence-corrected chi connectivity index (χ1v) is 9.00. The quantitative estimate of drug-likeness (QED) is 0.422. The number of nitrogens with zero attached hydrogens (tertiary/aromatic N) is 3. The summed E-state index contributed by atoms with van der Waals surface area (Å²) in [5, 5.41) is 0. The van der Waals surface area contributed by atoms with Gasteiger partial charge >= 0.3 is 6.18 Å². The third-order valence-corrected chi connectivity index (χ3v) is 4.38. The van der Waals surface area contributed by atoms with Gasteiger partial charge in [0.25, 0.3) is 0 Å². The minimum absolute atomic E-state index is 0.0788. The van der Waals surface area contributed by atoms with E-state index in [-0.39, 0.29) is 23.1 Å². The van der Waals surface area contributed by atoms with Gasteiger partial charge in [0.2, 0.25) is 11.8 Å². The molecule has 2 N–H and O–H groups in total. The summed E-state index contributed by atoms with van der Waals surface area (Å²) in [6.07, 6.45) is -1.77. The SMILES string of the molecule is Nc1ncc(-c2ccc(-c3ccccc3Oc3cccc(C(F)(F)F)n3)cc2F)cn1. The van der Waals surface area contributed by atoms with Crippen molar-refractivity contribution in [3.05, 3.63) is 84.6 Å². The van der Waals surface area contributed by atoms with Crippen LogP contribution in [0.15, 0.2) is 73.1 Å². The molecular weight excluding hydrogens is 412 g/mol. The number of rotatable bonds is 4. The second-order valence-electron chi connectivity index (χ2n) is 6.48. The lowest BCUT2D eigenvalue weighted by molar-refractivity contribution is -0.141. The number of benzene rings is 2. The number of para-hydroxylation sites is 1. The largest absolute Gasteiger partial charge is 0.438 e. The van der Waals surface area contributed by atoms with Crippen molar-refractivity contribution in [1.82, 2.24) is 15.0 Å². The Morgan fingerprint density at radius 1 is 0.806 bits per heavy atom. The van der Waals surface area contributed by atoms with Crippen molar-refractivity contribution in [2.45, 2.75) is 6.18 Å². The molecule has 2 aromatic carbocycles. The average Bonchev–Trinajstić information content (AvgIpc) is 2.74. The minimum atomic E-state index is -4.59. The van der Waals surface area contributed by atoms with Crippen LogP contribution in [0.5, 0.6) is 11.6 Å². The summed E-state index contributed by atoms with van der Waals surface area (Å²) < 4.78 is 59.2. The molecule has 0 aliphatic heterocycles. The molecule has 0 radical (unpaired) electrons. The van der Waals surface area contributed by atoms with Gasteiger partial charge in [0.1, 0.15) is 17.3 Å². The van der Waals surface area contributed by atoms with Gasteiger partial charge in [-0.3, -0.25) is 0 Å². The number of nitrogen functional groups attached to an aromatic ring is 1. The van der Waals surface area contributed by atoms with Crippen LogP contribution in [-0.4, -0.2) is 15.0 Å². The Kier molecular flexibility index (Phi) is 5.24. The lowest BCUT2D eigenvalue weighted by atomic mass is 10.0. The summed E-state index contributed by atoms with van der Waals surface area (Å²) in [7, 11) is 0. The van der Waals surface area contributed by atoms with E-state index >= 15 is 0 Å². The molecule has 0 spiro atoms. The number of aromatic nitrogens is 3. The zero-order valence-corrected chi connectivity index (χ0v) is 15.8. The van der Waals surface area contributed by atoms with Crippen LogP contribution in [0.25, 0.3) is 22.3 Å². The van der Waals surface area contributed by atoms with Crippen LogP contribution >= 0.6 is 0 Å². The Morgan fingerprint density at radius 3 is 2.26 bits per heavy atom. The number of hydrogen-bond acceptors (Lipinski definition) is 5. The molecule has 9 heteroatoms. The Bertz CT molecular complexity index is 1230. The second-order valence-corrected chi connectivity index (χ2v) is 6.48. The van der Waals surface area contributed by atoms with Crippen LogP contribution in [0.3, 0.4) is 0 Å². The van der Waals surface area contributed by atoms with E-state index in [9.17, 15) is 17.6 Å². The van der Waals surface area contributed by atoms with Crippen molar-refractivity contribution >= 4 is 5.95 Å². The van der Waals surface area contributed by atoms with Crippen LogP contribution in [0.2, 0.25) is 0 Å². The predicted octanol–water partition coefficient (Wildman–Crippen LogP) is 5.74. The first-order valence-electron chi connectivity index (χ1n) is 9.00. The molecule has 2 aromatic heterocycles. The zero-order chi connectivity index (χ0) is 22.0. The van der Waals surface area contributed by atoms with E-state index in [2.05, 4.69) is 15.0 Å². The number of ether oxygens (including phenoxy) is 1. The third kappa shape index (κ3) is 4.45. The molecule has 4 aromatic rings. The number of alkyl halides is 3. The minimum Gasteiger partial charge on any atom is -0.438 e. The smallest absolute Gasteiger partial charge is 0.433 e. The summed E-state index contributed by atoms with van der Waals surface area (Å²) in [5.74, 6) is -0.441. The van der Waals surface area contributed by atoms with Crippen molar-refractivity contribution in [1.29, 1.82) is 0 Å². The molecule has 0 saturated carbocycles. The highest BCUT2D eigenvalue weighted by atomic mass is 19.4. The molecule has 31 heavy (non-hydrogen) atoms. The van der Waals surface area contributed by atoms with Gasteiger partial charge in [0, 0.05) is 35.2 Å². The molecule has 0 amide bonds. The number of hydrogen-bond donors (Lipinski definition) is 1. The van der Waals surface area contributed by atoms with Crippen molar-refractivity contribution in [3.63, 3.8) is 0 Å². The molecule has 0 fully saturated rings. The fourth-order valence-corrected chi connectivity index (χ4v) is 2.93. The van der Waals surface area contributed by atoms with Gasteiger partial charge < -0.3 is 10.5 Å². The number of nitrogens with two attached hydrogens (primary N) is 1. The monoisotopic (exact) mass is 426 g/mol. The maximum absolute atomic E-state index is 14.8. The van der Waals surface area contributed by atoms with E-state index in [1.165, 1.54) is 30.6 Å². The zero-order valence-electron chi connectivity index (χ0n) is 15.8. The van der Waals surface area contributed by atoms with Crippen molar-refractivity contribution in [3.8, 4) is 33.9 Å².